The highest BCUT2D eigenvalue weighted by Crippen LogP contribution is 2.42. The molecular weight excluding hydrogens is 634 g/mol. The number of rotatable bonds is 15. The van der Waals surface area contributed by atoms with Crippen molar-refractivity contribution >= 4 is 17.9 Å². The number of methoxy groups -OCH3 is 1. The van der Waals surface area contributed by atoms with Crippen LogP contribution < -0.4 is 16.4 Å². The molecule has 4 fully saturated rings. The first-order valence-corrected chi connectivity index (χ1v) is 20.1. The van der Waals surface area contributed by atoms with Gasteiger partial charge in [0.05, 0.1) is 50.0 Å². The Bertz CT molecular complexity index is 1170. The fraction of sp³-hybridized carbons (Fsp3) is 0.875. The molecule has 50 heavy (non-hydrogen) atoms. The third kappa shape index (κ3) is 10.9. The Labute approximate surface area is 299 Å². The number of aldehydes is 1. The normalized spacial score (nSPS) is 38.2. The lowest BCUT2D eigenvalue weighted by Gasteiger charge is -2.41. The standard InChI is InChI=1S/C40H65N3O7/c1-50-39-20-29-9-13-37(48)33(36(47)5-3-2-4-25-18-30-7-11-32(46)22-35(30)43-24-25)12-8-26(34(29)23-38(39)49)6-10-31(45)19-28(15-17-44)27-14-16-42-40(41)21-27/h17,25-31,33-36,38-40,42-43,45,47,49H,2-7,9-11,13-16,18-24,41H2,1H3/p+2. The van der Waals surface area contributed by atoms with E-state index in [0.29, 0.717) is 87.4 Å². The number of hydrogen-bond acceptors (Lipinski definition) is 8. The highest BCUT2D eigenvalue weighted by molar-refractivity contribution is 5.84. The lowest BCUT2D eigenvalue weighted by atomic mass is 9.67. The Morgan fingerprint density at radius 3 is 2.58 bits per heavy atom. The minimum Gasteiger partial charge on any atom is -0.393 e. The molecule has 5 rings (SSSR count). The molecule has 0 radical (unpaired) electrons. The molecule has 0 amide bonds. The number of quaternary nitrogens is 2. The summed E-state index contributed by atoms with van der Waals surface area (Å²) < 4.78 is 5.63. The largest absolute Gasteiger partial charge is 0.393 e. The fourth-order valence-corrected chi connectivity index (χ4v) is 10.5. The zero-order valence-corrected chi connectivity index (χ0v) is 30.5. The van der Waals surface area contributed by atoms with Crippen LogP contribution in [-0.2, 0) is 19.1 Å². The average molecular weight is 702 g/mol. The molecule has 0 aromatic heterocycles. The Morgan fingerprint density at radius 1 is 0.980 bits per heavy atom. The van der Waals surface area contributed by atoms with Gasteiger partial charge in [-0.05, 0) is 94.3 Å². The monoisotopic (exact) mass is 701 g/mol. The van der Waals surface area contributed by atoms with E-state index in [-0.39, 0.29) is 41.7 Å². The number of nitrogens with two attached hydrogens (primary N) is 3. The molecule has 2 saturated carbocycles. The molecule has 10 heteroatoms. The highest BCUT2D eigenvalue weighted by Gasteiger charge is 2.42. The lowest BCUT2D eigenvalue weighted by Crippen LogP contribution is -2.95. The zero-order chi connectivity index (χ0) is 35.6. The summed E-state index contributed by atoms with van der Waals surface area (Å²) >= 11 is 0. The Balaban J connectivity index is 1.19. The van der Waals surface area contributed by atoms with Crippen LogP contribution in [0.25, 0.3) is 0 Å². The molecule has 5 aliphatic rings. The van der Waals surface area contributed by atoms with E-state index in [0.717, 1.165) is 70.7 Å². The number of carbonyl (C=O) groups is 3. The first kappa shape index (κ1) is 39.5. The van der Waals surface area contributed by atoms with Crippen molar-refractivity contribution in [3.05, 3.63) is 0 Å². The molecule has 0 spiro atoms. The second-order valence-electron chi connectivity index (χ2n) is 16.8. The van der Waals surface area contributed by atoms with Gasteiger partial charge in [-0.15, -0.1) is 0 Å². The lowest BCUT2D eigenvalue weighted by molar-refractivity contribution is -0.711. The molecule has 2 saturated heterocycles. The van der Waals surface area contributed by atoms with E-state index in [1.807, 2.05) is 0 Å². The number of piperidine rings is 2. The fourth-order valence-electron chi connectivity index (χ4n) is 10.5. The van der Waals surface area contributed by atoms with Gasteiger partial charge in [0.15, 0.2) is 0 Å². The van der Waals surface area contributed by atoms with E-state index in [1.165, 1.54) is 6.42 Å². The van der Waals surface area contributed by atoms with E-state index < -0.39 is 24.2 Å². The van der Waals surface area contributed by atoms with Crippen LogP contribution in [-0.4, -0.2) is 90.0 Å². The number of aliphatic hydroxyl groups excluding tert-OH is 3. The summed E-state index contributed by atoms with van der Waals surface area (Å²) in [5.41, 5.74) is 6.21. The minimum absolute atomic E-state index is 0.00364. The summed E-state index contributed by atoms with van der Waals surface area (Å²) in [7, 11) is 1.63. The molecule has 2 heterocycles. The average Bonchev–Trinajstić information content (AvgIpc) is 3.16. The number of hydrogen-bond donors (Lipinski definition) is 6. The predicted molar refractivity (Wildman–Crippen MR) is 189 cm³/mol. The number of aliphatic hydroxyl groups is 3. The van der Waals surface area contributed by atoms with Crippen LogP contribution in [0.15, 0.2) is 0 Å². The van der Waals surface area contributed by atoms with Gasteiger partial charge in [0.2, 0.25) is 0 Å². The van der Waals surface area contributed by atoms with Crippen LogP contribution in [0, 0.1) is 59.2 Å². The smallest absolute Gasteiger partial charge is 0.150 e. The molecular formula is C40H67N3O7+2. The summed E-state index contributed by atoms with van der Waals surface area (Å²) in [6, 6.07) is 0.473. The zero-order valence-electron chi connectivity index (χ0n) is 30.5. The van der Waals surface area contributed by atoms with Crippen molar-refractivity contribution in [1.82, 2.24) is 0 Å². The van der Waals surface area contributed by atoms with Crippen molar-refractivity contribution in [2.45, 2.75) is 152 Å². The quantitative estimate of drug-likeness (QED) is 0.0838. The third-order valence-electron chi connectivity index (χ3n) is 13.5. The third-order valence-corrected chi connectivity index (χ3v) is 13.5. The summed E-state index contributed by atoms with van der Waals surface area (Å²) in [6.07, 6.45) is 12.2. The van der Waals surface area contributed by atoms with E-state index in [4.69, 9.17) is 10.5 Å². The molecule has 0 bridgehead atoms. The van der Waals surface area contributed by atoms with Crippen LogP contribution in [0.3, 0.4) is 0 Å². The van der Waals surface area contributed by atoms with Crippen molar-refractivity contribution < 1.29 is 45.1 Å². The summed E-state index contributed by atoms with van der Waals surface area (Å²) in [6.45, 7) is 2.02. The van der Waals surface area contributed by atoms with Gasteiger partial charge in [0.25, 0.3) is 0 Å². The second kappa shape index (κ2) is 19.4. The number of unbranched alkanes of at least 4 members (excludes halogenated alkanes) is 1. The number of Topliss-reactive ketones (excluding diaryl/α,β-unsaturated/α-hetero) is 2. The second-order valence-corrected chi connectivity index (χ2v) is 16.8. The van der Waals surface area contributed by atoms with Crippen LogP contribution in [0.5, 0.6) is 0 Å². The van der Waals surface area contributed by atoms with Crippen LogP contribution in [0.1, 0.15) is 116 Å². The maximum absolute atomic E-state index is 13.6. The van der Waals surface area contributed by atoms with Gasteiger partial charge in [-0.1, -0.05) is 24.7 Å². The molecule has 0 aromatic rings. The van der Waals surface area contributed by atoms with Crippen LogP contribution in [0.4, 0.5) is 0 Å². The molecule has 14 atom stereocenters. The molecule has 0 aromatic carbocycles. The van der Waals surface area contributed by atoms with Gasteiger partial charge in [-0.3, -0.25) is 15.3 Å². The molecule has 282 valence electrons. The van der Waals surface area contributed by atoms with Crippen LogP contribution in [0.2, 0.25) is 0 Å². The van der Waals surface area contributed by atoms with Crippen molar-refractivity contribution in [2.75, 3.05) is 20.2 Å². The van der Waals surface area contributed by atoms with Gasteiger partial charge in [-0.2, -0.15) is 0 Å². The van der Waals surface area contributed by atoms with E-state index in [2.05, 4.69) is 22.5 Å². The molecule has 9 N–H and O–H groups in total. The first-order chi connectivity index (χ1) is 24.1. The van der Waals surface area contributed by atoms with E-state index >= 15 is 0 Å². The van der Waals surface area contributed by atoms with E-state index in [9.17, 15) is 29.7 Å². The topological polar surface area (TPSA) is 180 Å². The van der Waals surface area contributed by atoms with Crippen LogP contribution >= 0.6 is 0 Å². The number of fused-ring (bicyclic) bond motifs is 2. The number of ether oxygens (including phenoxy) is 1. The number of ketones is 2. The molecule has 14 unspecified atom stereocenters. The Morgan fingerprint density at radius 2 is 1.80 bits per heavy atom. The van der Waals surface area contributed by atoms with Crippen molar-refractivity contribution in [3.8, 4) is 11.8 Å². The Kier molecular flexibility index (Phi) is 15.3. The van der Waals surface area contributed by atoms with Gasteiger partial charge in [0, 0.05) is 50.5 Å². The summed E-state index contributed by atoms with van der Waals surface area (Å²) in [4.78, 5) is 37.0. The summed E-state index contributed by atoms with van der Waals surface area (Å²) in [5, 5.41) is 38.1. The molecule has 3 aliphatic carbocycles. The van der Waals surface area contributed by atoms with Crippen molar-refractivity contribution in [2.24, 2.45) is 53.1 Å². The maximum atomic E-state index is 13.6. The minimum atomic E-state index is -0.812. The number of carbonyl (C=O) groups excluding carboxylic acids is 3. The van der Waals surface area contributed by atoms with Gasteiger partial charge in [0.1, 0.15) is 29.9 Å². The predicted octanol–water partition coefficient (Wildman–Crippen LogP) is 1.22. The van der Waals surface area contributed by atoms with E-state index in [1.54, 1.807) is 7.11 Å². The van der Waals surface area contributed by atoms with Gasteiger partial charge < -0.3 is 35.5 Å². The van der Waals surface area contributed by atoms with Crippen molar-refractivity contribution in [1.29, 1.82) is 0 Å². The molecule has 10 nitrogen and oxygen atoms in total. The SMILES string of the molecule is COC1CC2CCC(=O)C(C(O)CCCCC3C[NH2+]C4CC(=O)CCC4C3)C#CC(CCC(O)CC(CC=O)C3CC[NH2+]C(N)C3)C2CC1O. The highest BCUT2D eigenvalue weighted by atomic mass is 16.5. The molecule has 2 aliphatic heterocycles. The first-order valence-electron chi connectivity index (χ1n) is 20.1. The Hall–Kier alpha value is -1.71. The van der Waals surface area contributed by atoms with Gasteiger partial charge >= 0.3 is 0 Å². The summed E-state index contributed by atoms with van der Waals surface area (Å²) in [5.74, 6) is 8.25. The maximum Gasteiger partial charge on any atom is 0.150 e. The van der Waals surface area contributed by atoms with Gasteiger partial charge in [-0.25, -0.2) is 0 Å². The van der Waals surface area contributed by atoms with Crippen molar-refractivity contribution in [3.63, 3.8) is 0 Å².